The normalized spacial score (nSPS) is 10.0. The molecule has 0 fully saturated rings. The molecule has 0 heteroatoms. The molecule has 0 aliphatic rings. The van der Waals surface area contributed by atoms with E-state index < -0.39 is 0 Å². The maximum Gasteiger partial charge on any atom is 0.0255 e. The van der Waals surface area contributed by atoms with Crippen LogP contribution in [0.4, 0.5) is 0 Å². The summed E-state index contributed by atoms with van der Waals surface area (Å²) < 4.78 is 0. The van der Waals surface area contributed by atoms with Crippen molar-refractivity contribution in [2.45, 2.75) is 0 Å². The molecule has 0 N–H and O–H groups in total. The van der Waals surface area contributed by atoms with Gasteiger partial charge in [-0.15, -0.1) is 0 Å². The van der Waals surface area contributed by atoms with Crippen molar-refractivity contribution in [1.82, 2.24) is 0 Å². The summed E-state index contributed by atoms with van der Waals surface area (Å²) in [6.45, 7) is 0. The first-order chi connectivity index (χ1) is 32.6. The smallest absolute Gasteiger partial charge is 0.0255 e. The number of benzene rings is 9. The van der Waals surface area contributed by atoms with E-state index in [1.54, 1.807) is 0 Å². The van der Waals surface area contributed by atoms with Gasteiger partial charge in [0.25, 0.3) is 0 Å². The molecule has 0 unspecified atom stereocenters. The zero-order valence-corrected chi connectivity index (χ0v) is 35.8. The Morgan fingerprint density at radius 1 is 0.136 bits per heavy atom. The van der Waals surface area contributed by atoms with Crippen molar-refractivity contribution in [3.05, 3.63) is 291 Å². The minimum absolute atomic E-state index is 0.927. The highest BCUT2D eigenvalue weighted by Gasteiger charge is 1.94. The van der Waals surface area contributed by atoms with E-state index in [9.17, 15) is 0 Å². The van der Waals surface area contributed by atoms with Crippen LogP contribution in [0, 0.1) is 72.8 Å². The van der Waals surface area contributed by atoms with E-state index in [0.29, 0.717) is 0 Å². The van der Waals surface area contributed by atoms with Crippen LogP contribution in [0.5, 0.6) is 0 Å². The molecule has 0 nitrogen and oxygen atoms in total. The molecule has 0 aromatic heterocycles. The van der Waals surface area contributed by atoms with Gasteiger partial charge < -0.3 is 0 Å². The molecule has 0 saturated heterocycles. The summed E-state index contributed by atoms with van der Waals surface area (Å²) in [6.07, 6.45) is 0. The van der Waals surface area contributed by atoms with Crippen LogP contribution in [0.25, 0.3) is 97.0 Å². The molecule has 0 saturated carbocycles. The molecule has 0 amide bonds. The lowest BCUT2D eigenvalue weighted by Crippen LogP contribution is -1.69. The van der Waals surface area contributed by atoms with E-state index >= 15 is 0 Å². The van der Waals surface area contributed by atoms with Crippen molar-refractivity contribution in [2.24, 2.45) is 0 Å². The fourth-order valence-electron chi connectivity index (χ4n) is 7.44. The highest BCUT2D eigenvalue weighted by molar-refractivity contribution is 5.89. The summed E-state index contributed by atoms with van der Waals surface area (Å²) in [7, 11) is 0. The maximum atomic E-state index is 3.35. The van der Waals surface area contributed by atoms with Crippen LogP contribution in [0.1, 0.15) is 0 Å². The minimum atomic E-state index is 0.927. The van der Waals surface area contributed by atoms with Crippen LogP contribution in [0.2, 0.25) is 0 Å². The molecule has 66 heavy (non-hydrogen) atoms. The molecule has 13 aromatic carbocycles. The summed E-state index contributed by atoms with van der Waals surface area (Å²) in [5.74, 6) is 0. The summed E-state index contributed by atoms with van der Waals surface area (Å²) in [5, 5.41) is 17.7. The van der Waals surface area contributed by atoms with Crippen molar-refractivity contribution in [3.8, 4) is 0 Å². The average molecular weight is 829 g/mol. The third kappa shape index (κ3) is 10.3. The van der Waals surface area contributed by atoms with Crippen LogP contribution in [0.15, 0.2) is 218 Å². The Balaban J connectivity index is 1.06. The van der Waals surface area contributed by atoms with E-state index in [-0.39, 0.29) is 0 Å². The second kappa shape index (κ2) is 19.2. The van der Waals surface area contributed by atoms with Crippen LogP contribution >= 0.6 is 0 Å². The first-order valence-electron chi connectivity index (χ1n) is 21.6. The summed E-state index contributed by atoms with van der Waals surface area (Å²) >= 11 is 0. The van der Waals surface area contributed by atoms with Crippen molar-refractivity contribution in [3.63, 3.8) is 0 Å². The van der Waals surface area contributed by atoms with Crippen LogP contribution in [-0.4, -0.2) is 0 Å². The van der Waals surface area contributed by atoms with Crippen molar-refractivity contribution < 1.29 is 0 Å². The molecule has 18 bridgehead atoms. The Hall–Kier alpha value is -9.66. The van der Waals surface area contributed by atoms with Gasteiger partial charge >= 0.3 is 0 Å². The predicted octanol–water partition coefficient (Wildman–Crippen LogP) is 16.4. The van der Waals surface area contributed by atoms with Gasteiger partial charge in [-0.05, 0) is 178 Å². The standard InChI is InChI=1S/C66H36/c1-7-55-37-31-49-19-21-50(22-20-49)33-39-57-9-3-15-63(45-57)64-16-5-11-59(47-64)41-35-53-27-29-54(30-28-53)36-42-60-12-6-18-66(48-60)65-17-4-10-58(46-65)40-34-52-25-23-51(24-26-52)32-38-56-8-2-14-62(44-56)61(13-1)43-55/h1-30,43-48H. The zero-order chi connectivity index (χ0) is 44.3. The van der Waals surface area contributed by atoms with Crippen molar-refractivity contribution in [1.29, 1.82) is 0 Å². The van der Waals surface area contributed by atoms with Gasteiger partial charge in [0.15, 0.2) is 0 Å². The molecule has 0 aliphatic heterocycles. The first kappa shape index (κ1) is 40.4. The summed E-state index contributed by atoms with van der Waals surface area (Å²) in [6, 6.07) is 114. The molecule has 300 valence electrons. The molecule has 0 radical (unpaired) electrons. The number of hydrogen-bond donors (Lipinski definition) is 0. The monoisotopic (exact) mass is 828 g/mol. The zero-order valence-electron chi connectivity index (χ0n) is 35.8. The Kier molecular flexibility index (Phi) is 11.7. The first-order valence-corrected chi connectivity index (χ1v) is 21.6. The van der Waals surface area contributed by atoms with Gasteiger partial charge in [-0.1, -0.05) is 146 Å². The topological polar surface area (TPSA) is 0 Å². The molecule has 0 atom stereocenters. The summed E-state index contributed by atoms with van der Waals surface area (Å²) in [5.41, 5.74) is 0. The van der Waals surface area contributed by atoms with E-state index in [1.807, 2.05) is 146 Å². The quantitative estimate of drug-likeness (QED) is 0.143. The maximum absolute atomic E-state index is 3.35. The van der Waals surface area contributed by atoms with Gasteiger partial charge in [-0.25, -0.2) is 0 Å². The molecule has 13 rings (SSSR count). The molecule has 0 aliphatic carbocycles. The minimum Gasteiger partial charge on any atom is -0.0617 e. The van der Waals surface area contributed by atoms with Crippen molar-refractivity contribution >= 4 is 97.0 Å². The van der Waals surface area contributed by atoms with E-state index in [4.69, 9.17) is 0 Å². The van der Waals surface area contributed by atoms with Gasteiger partial charge in [0.1, 0.15) is 0 Å². The number of rotatable bonds is 0. The molecule has 13 aromatic rings. The van der Waals surface area contributed by atoms with Gasteiger partial charge in [0.2, 0.25) is 0 Å². The van der Waals surface area contributed by atoms with E-state index in [2.05, 4.69) is 146 Å². The highest BCUT2D eigenvalue weighted by atomic mass is 14.0. The van der Waals surface area contributed by atoms with Gasteiger partial charge in [0.05, 0.1) is 0 Å². The Labute approximate surface area is 386 Å². The lowest BCUT2D eigenvalue weighted by Gasteiger charge is -1.94. The second-order valence-electron chi connectivity index (χ2n) is 15.7. The summed E-state index contributed by atoms with van der Waals surface area (Å²) in [4.78, 5) is 0. The lowest BCUT2D eigenvalue weighted by atomic mass is 10.1. The van der Waals surface area contributed by atoms with Gasteiger partial charge in [-0.3, -0.25) is 0 Å². The Morgan fingerprint density at radius 3 is 0.424 bits per heavy atom. The average Bonchev–Trinajstić information content (AvgIpc) is 3.38. The van der Waals surface area contributed by atoms with Crippen LogP contribution < -0.4 is 0 Å². The largest absolute Gasteiger partial charge is 0.0617 e. The van der Waals surface area contributed by atoms with Crippen molar-refractivity contribution in [2.75, 3.05) is 0 Å². The Bertz CT molecular complexity index is 3170. The third-order valence-corrected chi connectivity index (χ3v) is 10.9. The van der Waals surface area contributed by atoms with Gasteiger partial charge in [0, 0.05) is 64.6 Å². The van der Waals surface area contributed by atoms with E-state index in [0.717, 1.165) is 97.0 Å². The fraction of sp³-hybridized carbons (Fsp3) is 0. The molecule has 0 heterocycles. The highest BCUT2D eigenvalue weighted by Crippen LogP contribution is 2.18. The third-order valence-electron chi connectivity index (χ3n) is 10.9. The molecule has 0 spiro atoms. The second-order valence-corrected chi connectivity index (χ2v) is 15.7. The van der Waals surface area contributed by atoms with Crippen LogP contribution in [-0.2, 0) is 0 Å². The van der Waals surface area contributed by atoms with E-state index in [1.165, 1.54) is 0 Å². The SMILES string of the molecule is c1c2ccc(c#cc3cccc(c3)c3cccc(c#cc4ccc(c#cc5cccc(c5)c5cccc(c#cc6ccc(c#cc7cccc(c7)c7cccc(c#1)c7)cc6)c5)cc4)c3)cc2. The van der Waals surface area contributed by atoms with Crippen LogP contribution in [0.3, 0.4) is 0 Å². The fourth-order valence-corrected chi connectivity index (χ4v) is 7.44. The number of hydrogen-bond acceptors (Lipinski definition) is 0. The Morgan fingerprint density at radius 2 is 0.273 bits per heavy atom. The number of fused-ring (bicyclic) bond motifs is 3. The molecular weight excluding hydrogens is 793 g/mol. The lowest BCUT2D eigenvalue weighted by molar-refractivity contribution is 1.79. The van der Waals surface area contributed by atoms with Gasteiger partial charge in [-0.2, -0.15) is 0 Å². The predicted molar refractivity (Wildman–Crippen MR) is 276 cm³/mol. The molecular formula is C66H36.